The number of halogens is 1. The molecule has 0 bridgehead atoms. The highest BCUT2D eigenvalue weighted by Gasteiger charge is 2.25. The van der Waals surface area contributed by atoms with E-state index < -0.39 is 4.92 Å². The Morgan fingerprint density at radius 2 is 1.92 bits per heavy atom. The van der Waals surface area contributed by atoms with Gasteiger partial charge in [0.25, 0.3) is 5.69 Å². The van der Waals surface area contributed by atoms with Gasteiger partial charge in [-0.05, 0) is 24.5 Å². The van der Waals surface area contributed by atoms with Gasteiger partial charge in [0.1, 0.15) is 17.4 Å². The molecule has 2 aromatic rings. The zero-order chi connectivity index (χ0) is 18.5. The number of ether oxygens (including phenoxy) is 1. The first-order valence-corrected chi connectivity index (χ1v) is 8.88. The van der Waals surface area contributed by atoms with E-state index in [9.17, 15) is 14.9 Å². The molecule has 1 N–H and O–H groups in total. The van der Waals surface area contributed by atoms with Crippen molar-refractivity contribution in [3.63, 3.8) is 0 Å². The number of nitrogens with one attached hydrogen (secondary N) is 1. The second kappa shape index (κ2) is 8.19. The third kappa shape index (κ3) is 4.32. The Labute approximate surface area is 156 Å². The number of hydrogen-bond acceptors (Lipinski definition) is 4. The van der Waals surface area contributed by atoms with Crippen molar-refractivity contribution >= 4 is 28.9 Å². The van der Waals surface area contributed by atoms with E-state index in [-0.39, 0.29) is 34.9 Å². The third-order valence-electron chi connectivity index (χ3n) is 4.47. The Morgan fingerprint density at radius 3 is 2.58 bits per heavy atom. The number of nitro benzene ring substituents is 1. The quantitative estimate of drug-likeness (QED) is 0.572. The highest BCUT2D eigenvalue weighted by Crippen LogP contribution is 2.37. The normalized spacial score (nSPS) is 14.2. The predicted octanol–water partition coefficient (Wildman–Crippen LogP) is 4.96. The molecule has 136 valence electrons. The first-order valence-electron chi connectivity index (χ1n) is 8.50. The second-order valence-corrected chi connectivity index (χ2v) is 6.71. The summed E-state index contributed by atoms with van der Waals surface area (Å²) in [7, 11) is 0. The van der Waals surface area contributed by atoms with Crippen molar-refractivity contribution in [3.05, 3.63) is 63.2 Å². The smallest absolute Gasteiger partial charge is 0.291 e. The number of carbonyl (C=O) groups excluding carboxylic acids is 1. The number of nitro groups is 1. The van der Waals surface area contributed by atoms with Crippen molar-refractivity contribution < 1.29 is 14.5 Å². The van der Waals surface area contributed by atoms with Crippen molar-refractivity contribution in [2.24, 2.45) is 5.92 Å². The monoisotopic (exact) mass is 374 g/mol. The van der Waals surface area contributed by atoms with E-state index in [4.69, 9.17) is 16.3 Å². The Balaban J connectivity index is 1.84. The molecular weight excluding hydrogens is 356 g/mol. The Bertz CT molecular complexity index is 805. The van der Waals surface area contributed by atoms with Gasteiger partial charge < -0.3 is 10.1 Å². The van der Waals surface area contributed by atoms with Gasteiger partial charge in [0.05, 0.1) is 16.7 Å². The minimum atomic E-state index is -0.569. The molecule has 1 saturated carbocycles. The molecule has 1 amide bonds. The fourth-order valence-electron chi connectivity index (χ4n) is 3.06. The molecule has 7 heteroatoms. The molecule has 3 rings (SSSR count). The van der Waals surface area contributed by atoms with Gasteiger partial charge in [-0.2, -0.15) is 0 Å². The number of nitrogens with zero attached hydrogens (tertiary/aromatic N) is 1. The summed E-state index contributed by atoms with van der Waals surface area (Å²) >= 11 is 6.01. The average molecular weight is 375 g/mol. The van der Waals surface area contributed by atoms with E-state index in [0.29, 0.717) is 5.69 Å². The molecule has 0 atom stereocenters. The zero-order valence-electron chi connectivity index (χ0n) is 14.1. The van der Waals surface area contributed by atoms with Crippen LogP contribution in [0.2, 0.25) is 5.02 Å². The summed E-state index contributed by atoms with van der Waals surface area (Å²) < 4.78 is 5.75. The molecule has 0 aromatic heterocycles. The highest BCUT2D eigenvalue weighted by molar-refractivity contribution is 6.33. The summed E-state index contributed by atoms with van der Waals surface area (Å²) in [6, 6.07) is 12.1. The van der Waals surface area contributed by atoms with E-state index in [1.807, 2.05) is 30.3 Å². The van der Waals surface area contributed by atoms with Gasteiger partial charge in [-0.25, -0.2) is 0 Å². The van der Waals surface area contributed by atoms with Crippen LogP contribution < -0.4 is 10.1 Å². The van der Waals surface area contributed by atoms with Gasteiger partial charge in [0.15, 0.2) is 0 Å². The van der Waals surface area contributed by atoms with E-state index in [1.165, 1.54) is 12.1 Å². The Kier molecular flexibility index (Phi) is 5.73. The summed E-state index contributed by atoms with van der Waals surface area (Å²) in [6.45, 7) is 0.228. The van der Waals surface area contributed by atoms with Crippen LogP contribution in [0.3, 0.4) is 0 Å². The maximum Gasteiger partial charge on any atom is 0.291 e. The molecule has 2 aromatic carbocycles. The largest absolute Gasteiger partial charge is 0.486 e. The van der Waals surface area contributed by atoms with Crippen LogP contribution in [0.1, 0.15) is 31.2 Å². The molecular formula is C19H19ClN2O4. The fraction of sp³-hybridized carbons (Fsp3) is 0.316. The van der Waals surface area contributed by atoms with Gasteiger partial charge >= 0.3 is 0 Å². The first-order chi connectivity index (χ1) is 12.5. The molecule has 0 aliphatic heterocycles. The molecule has 0 spiro atoms. The molecule has 0 unspecified atom stereocenters. The number of carbonyl (C=O) groups is 1. The molecule has 1 fully saturated rings. The van der Waals surface area contributed by atoms with Crippen molar-refractivity contribution in [1.29, 1.82) is 0 Å². The lowest BCUT2D eigenvalue weighted by molar-refractivity contribution is -0.384. The van der Waals surface area contributed by atoms with Crippen LogP contribution in [0.25, 0.3) is 0 Å². The molecule has 26 heavy (non-hydrogen) atoms. The lowest BCUT2D eigenvalue weighted by Crippen LogP contribution is -2.20. The fourth-order valence-corrected chi connectivity index (χ4v) is 3.29. The summed E-state index contributed by atoms with van der Waals surface area (Å²) in [5, 5.41) is 14.0. The molecule has 6 nitrogen and oxygen atoms in total. The molecule has 1 aliphatic carbocycles. The average Bonchev–Trinajstić information content (AvgIpc) is 3.16. The van der Waals surface area contributed by atoms with Crippen LogP contribution in [0.5, 0.6) is 5.75 Å². The number of rotatable bonds is 6. The first kappa shape index (κ1) is 18.2. The van der Waals surface area contributed by atoms with Gasteiger partial charge in [0.2, 0.25) is 5.91 Å². The lowest BCUT2D eigenvalue weighted by Gasteiger charge is -2.15. The molecule has 0 saturated heterocycles. The summed E-state index contributed by atoms with van der Waals surface area (Å²) in [4.78, 5) is 23.0. The van der Waals surface area contributed by atoms with Crippen LogP contribution in [0, 0.1) is 16.0 Å². The Hall–Kier alpha value is -2.60. The van der Waals surface area contributed by atoms with Gasteiger partial charge in [-0.15, -0.1) is 0 Å². The number of anilines is 1. The van der Waals surface area contributed by atoms with Gasteiger partial charge in [0, 0.05) is 5.92 Å². The standard InChI is InChI=1S/C19H19ClN2O4/c20-15-10-16(21-19(23)14-8-4-5-9-14)18(11-17(15)22(24)25)26-12-13-6-2-1-3-7-13/h1-3,6-7,10-11,14H,4-5,8-9,12H2,(H,21,23). The van der Waals surface area contributed by atoms with Crippen molar-refractivity contribution in [3.8, 4) is 5.75 Å². The maximum absolute atomic E-state index is 12.4. The SMILES string of the molecule is O=C(Nc1cc(Cl)c([N+](=O)[O-])cc1OCc1ccccc1)C1CCCC1. The molecule has 1 aliphatic rings. The third-order valence-corrected chi connectivity index (χ3v) is 4.77. The second-order valence-electron chi connectivity index (χ2n) is 6.30. The van der Waals surface area contributed by atoms with Crippen LogP contribution in [0.4, 0.5) is 11.4 Å². The highest BCUT2D eigenvalue weighted by atomic mass is 35.5. The minimum absolute atomic E-state index is 0.0362. The van der Waals surface area contributed by atoms with Gasteiger partial charge in [-0.3, -0.25) is 14.9 Å². The topological polar surface area (TPSA) is 81.5 Å². The van der Waals surface area contributed by atoms with Crippen LogP contribution in [-0.2, 0) is 11.4 Å². The van der Waals surface area contributed by atoms with E-state index >= 15 is 0 Å². The molecule has 0 heterocycles. The summed E-state index contributed by atoms with van der Waals surface area (Å²) in [6.07, 6.45) is 3.78. The molecule has 0 radical (unpaired) electrons. The summed E-state index contributed by atoms with van der Waals surface area (Å²) in [5.41, 5.74) is 1.01. The van der Waals surface area contributed by atoms with Crippen LogP contribution >= 0.6 is 11.6 Å². The number of hydrogen-bond donors (Lipinski definition) is 1. The van der Waals surface area contributed by atoms with Crippen molar-refractivity contribution in [2.75, 3.05) is 5.32 Å². The number of benzene rings is 2. The van der Waals surface area contributed by atoms with E-state index in [0.717, 1.165) is 31.2 Å². The zero-order valence-corrected chi connectivity index (χ0v) is 14.9. The minimum Gasteiger partial charge on any atom is -0.486 e. The van der Waals surface area contributed by atoms with E-state index in [1.54, 1.807) is 0 Å². The van der Waals surface area contributed by atoms with E-state index in [2.05, 4.69) is 5.32 Å². The van der Waals surface area contributed by atoms with Crippen LogP contribution in [-0.4, -0.2) is 10.8 Å². The lowest BCUT2D eigenvalue weighted by atomic mass is 10.1. The Morgan fingerprint density at radius 1 is 1.23 bits per heavy atom. The number of amides is 1. The van der Waals surface area contributed by atoms with Crippen LogP contribution in [0.15, 0.2) is 42.5 Å². The maximum atomic E-state index is 12.4. The predicted molar refractivity (Wildman–Crippen MR) is 99.5 cm³/mol. The van der Waals surface area contributed by atoms with Gasteiger partial charge in [-0.1, -0.05) is 54.8 Å². The van der Waals surface area contributed by atoms with Crippen molar-refractivity contribution in [1.82, 2.24) is 0 Å². The van der Waals surface area contributed by atoms with Crippen molar-refractivity contribution in [2.45, 2.75) is 32.3 Å². The summed E-state index contributed by atoms with van der Waals surface area (Å²) in [5.74, 6) is 0.0965.